The Morgan fingerprint density at radius 1 is 1.44 bits per heavy atom. The summed E-state index contributed by atoms with van der Waals surface area (Å²) in [6.07, 6.45) is 0. The number of benzene rings is 1. The molecule has 1 unspecified atom stereocenters. The Hall–Kier alpha value is -1.13. The second kappa shape index (κ2) is 6.16. The first-order chi connectivity index (χ1) is 8.44. The first-order valence-electron chi connectivity index (χ1n) is 6.13. The highest BCUT2D eigenvalue weighted by Gasteiger charge is 2.31. The van der Waals surface area contributed by atoms with Gasteiger partial charge in [-0.1, -0.05) is 19.9 Å². The SMILES string of the molecule is COc1cccc(F)c1C(C)(CO)NCC(C)C. The molecule has 0 aliphatic heterocycles. The van der Waals surface area contributed by atoms with Gasteiger partial charge in [0.1, 0.15) is 11.6 Å². The summed E-state index contributed by atoms with van der Waals surface area (Å²) in [5.74, 6) is 0.485. The van der Waals surface area contributed by atoms with E-state index in [2.05, 4.69) is 19.2 Å². The highest BCUT2D eigenvalue weighted by Crippen LogP contribution is 2.32. The molecule has 0 aromatic heterocycles. The van der Waals surface area contributed by atoms with E-state index in [1.807, 2.05) is 0 Å². The van der Waals surface area contributed by atoms with Crippen molar-refractivity contribution in [1.29, 1.82) is 0 Å². The number of hydrogen-bond donors (Lipinski definition) is 2. The predicted octanol–water partition coefficient (Wildman–Crippen LogP) is 2.29. The molecule has 1 rings (SSSR count). The molecule has 0 radical (unpaired) electrons. The average molecular weight is 255 g/mol. The zero-order valence-corrected chi connectivity index (χ0v) is 11.5. The van der Waals surface area contributed by atoms with Gasteiger partial charge in [0.25, 0.3) is 0 Å². The molecule has 18 heavy (non-hydrogen) atoms. The predicted molar refractivity (Wildman–Crippen MR) is 70.2 cm³/mol. The molecule has 0 aliphatic carbocycles. The number of halogens is 1. The Balaban J connectivity index is 3.14. The fourth-order valence-electron chi connectivity index (χ4n) is 1.86. The van der Waals surface area contributed by atoms with Crippen molar-refractivity contribution in [2.24, 2.45) is 5.92 Å². The van der Waals surface area contributed by atoms with Crippen LogP contribution >= 0.6 is 0 Å². The van der Waals surface area contributed by atoms with E-state index in [0.717, 1.165) is 0 Å². The molecule has 0 amide bonds. The van der Waals surface area contributed by atoms with Gasteiger partial charge in [-0.25, -0.2) is 4.39 Å². The van der Waals surface area contributed by atoms with Crippen LogP contribution in [-0.2, 0) is 5.54 Å². The van der Waals surface area contributed by atoms with E-state index in [4.69, 9.17) is 4.74 Å². The second-order valence-electron chi connectivity index (χ2n) is 5.08. The lowest BCUT2D eigenvalue weighted by molar-refractivity contribution is 0.164. The Labute approximate surface area is 108 Å². The van der Waals surface area contributed by atoms with E-state index in [-0.39, 0.29) is 12.4 Å². The molecule has 2 N–H and O–H groups in total. The van der Waals surface area contributed by atoms with Gasteiger partial charge in [-0.3, -0.25) is 0 Å². The quantitative estimate of drug-likeness (QED) is 0.819. The third kappa shape index (κ3) is 3.21. The lowest BCUT2D eigenvalue weighted by Gasteiger charge is -2.32. The molecule has 0 heterocycles. The maximum atomic E-state index is 14.0. The van der Waals surface area contributed by atoms with Crippen LogP contribution < -0.4 is 10.1 Å². The van der Waals surface area contributed by atoms with Gasteiger partial charge in [0.2, 0.25) is 0 Å². The van der Waals surface area contributed by atoms with Gasteiger partial charge >= 0.3 is 0 Å². The third-order valence-corrected chi connectivity index (χ3v) is 2.96. The van der Waals surface area contributed by atoms with Crippen LogP contribution in [0.3, 0.4) is 0 Å². The number of hydrogen-bond acceptors (Lipinski definition) is 3. The monoisotopic (exact) mass is 255 g/mol. The highest BCUT2D eigenvalue weighted by molar-refractivity contribution is 5.40. The maximum absolute atomic E-state index is 14.0. The smallest absolute Gasteiger partial charge is 0.132 e. The molecular weight excluding hydrogens is 233 g/mol. The maximum Gasteiger partial charge on any atom is 0.132 e. The first kappa shape index (κ1) is 14.9. The highest BCUT2D eigenvalue weighted by atomic mass is 19.1. The van der Waals surface area contributed by atoms with Crippen molar-refractivity contribution in [2.45, 2.75) is 26.3 Å². The summed E-state index contributed by atoms with van der Waals surface area (Å²) in [6, 6.07) is 4.67. The average Bonchev–Trinajstić information content (AvgIpc) is 2.35. The summed E-state index contributed by atoms with van der Waals surface area (Å²) in [4.78, 5) is 0. The molecule has 0 aliphatic rings. The number of nitrogens with one attached hydrogen (secondary N) is 1. The van der Waals surface area contributed by atoms with Crippen molar-refractivity contribution in [3.63, 3.8) is 0 Å². The van der Waals surface area contributed by atoms with Gasteiger partial charge < -0.3 is 15.2 Å². The van der Waals surface area contributed by atoms with Crippen LogP contribution in [0.4, 0.5) is 4.39 Å². The van der Waals surface area contributed by atoms with Crippen LogP contribution in [-0.4, -0.2) is 25.4 Å². The Morgan fingerprint density at radius 2 is 2.11 bits per heavy atom. The van der Waals surface area contributed by atoms with Gasteiger partial charge in [0.05, 0.1) is 24.8 Å². The minimum absolute atomic E-state index is 0.197. The largest absolute Gasteiger partial charge is 0.496 e. The minimum atomic E-state index is -0.846. The molecule has 4 heteroatoms. The first-order valence-corrected chi connectivity index (χ1v) is 6.13. The van der Waals surface area contributed by atoms with E-state index in [0.29, 0.717) is 23.8 Å². The van der Waals surface area contributed by atoms with Crippen LogP contribution in [0.25, 0.3) is 0 Å². The number of ether oxygens (including phenoxy) is 1. The summed E-state index contributed by atoms with van der Waals surface area (Å²) >= 11 is 0. The Morgan fingerprint density at radius 3 is 2.61 bits per heavy atom. The molecule has 0 bridgehead atoms. The molecule has 1 aromatic rings. The minimum Gasteiger partial charge on any atom is -0.496 e. The number of rotatable bonds is 6. The number of aliphatic hydroxyl groups is 1. The van der Waals surface area contributed by atoms with Gasteiger partial charge in [-0.05, 0) is 31.5 Å². The van der Waals surface area contributed by atoms with Crippen LogP contribution in [0, 0.1) is 11.7 Å². The normalized spacial score (nSPS) is 14.6. The zero-order chi connectivity index (χ0) is 13.8. The van der Waals surface area contributed by atoms with E-state index < -0.39 is 5.54 Å². The topological polar surface area (TPSA) is 41.5 Å². The third-order valence-electron chi connectivity index (χ3n) is 2.96. The molecule has 3 nitrogen and oxygen atoms in total. The number of aliphatic hydroxyl groups excluding tert-OH is 1. The second-order valence-corrected chi connectivity index (χ2v) is 5.08. The van der Waals surface area contributed by atoms with Crippen LogP contribution in [0.2, 0.25) is 0 Å². The van der Waals surface area contributed by atoms with Crippen molar-refractivity contribution in [3.05, 3.63) is 29.6 Å². The standard InChI is InChI=1S/C14H22FNO2/c1-10(2)8-16-14(3,9-17)13-11(15)6-5-7-12(13)18-4/h5-7,10,16-17H,8-9H2,1-4H3. The molecule has 0 spiro atoms. The molecule has 102 valence electrons. The molecule has 0 fully saturated rings. The van der Waals surface area contributed by atoms with Crippen molar-refractivity contribution in [1.82, 2.24) is 5.32 Å². The summed E-state index contributed by atoms with van der Waals surface area (Å²) in [6.45, 7) is 6.38. The molecule has 1 atom stereocenters. The van der Waals surface area contributed by atoms with Crippen molar-refractivity contribution < 1.29 is 14.2 Å². The Bertz CT molecular complexity index is 395. The van der Waals surface area contributed by atoms with E-state index >= 15 is 0 Å². The summed E-state index contributed by atoms with van der Waals surface area (Å²) in [5, 5.41) is 12.8. The molecule has 1 aromatic carbocycles. The van der Waals surface area contributed by atoms with Crippen LogP contribution in [0.1, 0.15) is 26.3 Å². The van der Waals surface area contributed by atoms with E-state index in [1.54, 1.807) is 19.1 Å². The van der Waals surface area contributed by atoms with E-state index in [9.17, 15) is 9.50 Å². The lowest BCUT2D eigenvalue weighted by Crippen LogP contribution is -2.45. The Kier molecular flexibility index (Phi) is 5.11. The van der Waals surface area contributed by atoms with Crippen LogP contribution in [0.15, 0.2) is 18.2 Å². The summed E-state index contributed by atoms with van der Waals surface area (Å²) in [7, 11) is 1.50. The van der Waals surface area contributed by atoms with Gasteiger partial charge in [0, 0.05) is 0 Å². The fourth-order valence-corrected chi connectivity index (χ4v) is 1.86. The summed E-state index contributed by atoms with van der Waals surface area (Å²) in [5.41, 5.74) is -0.475. The van der Waals surface area contributed by atoms with Crippen molar-refractivity contribution >= 4 is 0 Å². The summed E-state index contributed by atoms with van der Waals surface area (Å²) < 4.78 is 19.2. The molecule has 0 saturated heterocycles. The van der Waals surface area contributed by atoms with Crippen molar-refractivity contribution in [2.75, 3.05) is 20.3 Å². The fraction of sp³-hybridized carbons (Fsp3) is 0.571. The van der Waals surface area contributed by atoms with Gasteiger partial charge in [-0.2, -0.15) is 0 Å². The molecule has 0 saturated carbocycles. The van der Waals surface area contributed by atoms with Gasteiger partial charge in [0.15, 0.2) is 0 Å². The van der Waals surface area contributed by atoms with Crippen LogP contribution in [0.5, 0.6) is 5.75 Å². The van der Waals surface area contributed by atoms with Crippen molar-refractivity contribution in [3.8, 4) is 5.75 Å². The van der Waals surface area contributed by atoms with E-state index in [1.165, 1.54) is 13.2 Å². The zero-order valence-electron chi connectivity index (χ0n) is 11.5. The lowest BCUT2D eigenvalue weighted by atomic mass is 9.90. The molecular formula is C14H22FNO2. The van der Waals surface area contributed by atoms with Gasteiger partial charge in [-0.15, -0.1) is 0 Å². The number of methoxy groups -OCH3 is 1.